The van der Waals surface area contributed by atoms with Gasteiger partial charge in [-0.3, -0.25) is 0 Å². The molecule has 3 rings (SSSR count). The van der Waals surface area contributed by atoms with Gasteiger partial charge in [0.25, 0.3) is 0 Å². The van der Waals surface area contributed by atoms with Crippen molar-refractivity contribution in [2.75, 3.05) is 32.5 Å². The lowest BCUT2D eigenvalue weighted by Gasteiger charge is -2.33. The fourth-order valence-corrected chi connectivity index (χ4v) is 4.30. The highest BCUT2D eigenvalue weighted by atomic mass is 35.5. The molecular weight excluding hydrogens is 410 g/mol. The molecule has 0 aromatic heterocycles. The zero-order chi connectivity index (χ0) is 21.2. The van der Waals surface area contributed by atoms with Crippen LogP contribution in [0.25, 0.3) is 6.08 Å². The van der Waals surface area contributed by atoms with Crippen LogP contribution in [0.5, 0.6) is 0 Å². The predicted octanol–water partition coefficient (Wildman–Crippen LogP) is 5.36. The normalized spacial score (nSPS) is 19.3. The van der Waals surface area contributed by atoms with Gasteiger partial charge in [-0.2, -0.15) is 5.10 Å². The van der Waals surface area contributed by atoms with Crippen molar-refractivity contribution >= 4 is 40.7 Å². The van der Waals surface area contributed by atoms with Gasteiger partial charge in [0.1, 0.15) is 5.82 Å². The maximum atomic E-state index is 14.8. The van der Waals surface area contributed by atoms with E-state index >= 15 is 0 Å². The van der Waals surface area contributed by atoms with Crippen molar-refractivity contribution in [2.24, 2.45) is 5.10 Å². The van der Waals surface area contributed by atoms with Crippen LogP contribution in [0.2, 0.25) is 10.0 Å². The molecule has 29 heavy (non-hydrogen) atoms. The first-order valence-corrected chi connectivity index (χ1v) is 10.2. The van der Waals surface area contributed by atoms with E-state index in [-0.39, 0.29) is 10.8 Å². The second kappa shape index (κ2) is 8.74. The van der Waals surface area contributed by atoms with Crippen molar-refractivity contribution in [3.63, 3.8) is 0 Å². The van der Waals surface area contributed by atoms with E-state index in [9.17, 15) is 4.39 Å². The molecule has 7 heteroatoms. The van der Waals surface area contributed by atoms with Crippen LogP contribution in [0.1, 0.15) is 30.0 Å². The number of nitrogens with zero attached hydrogens (tertiary/aromatic N) is 2. The molecular formula is C22H25Cl2FN4. The minimum absolute atomic E-state index is 0.248. The van der Waals surface area contributed by atoms with Gasteiger partial charge in [-0.05, 0) is 49.7 Å². The third-order valence-electron chi connectivity index (χ3n) is 5.07. The van der Waals surface area contributed by atoms with E-state index in [1.807, 2.05) is 39.2 Å². The van der Waals surface area contributed by atoms with Gasteiger partial charge in [-0.25, -0.2) is 4.39 Å². The molecule has 0 spiro atoms. The Morgan fingerprint density at radius 3 is 2.69 bits per heavy atom. The van der Waals surface area contributed by atoms with Crippen molar-refractivity contribution < 1.29 is 4.39 Å². The van der Waals surface area contributed by atoms with Crippen molar-refractivity contribution in [1.29, 1.82) is 0 Å². The molecule has 1 unspecified atom stereocenters. The largest absolute Gasteiger partial charge is 0.374 e. The summed E-state index contributed by atoms with van der Waals surface area (Å²) in [5.74, 6) is -0.370. The van der Waals surface area contributed by atoms with E-state index in [1.165, 1.54) is 12.1 Å². The maximum absolute atomic E-state index is 14.8. The van der Waals surface area contributed by atoms with Crippen LogP contribution < -0.4 is 10.6 Å². The molecule has 2 aromatic rings. The van der Waals surface area contributed by atoms with Gasteiger partial charge in [0.05, 0.1) is 21.3 Å². The van der Waals surface area contributed by atoms with E-state index in [0.717, 1.165) is 29.1 Å². The predicted molar refractivity (Wildman–Crippen MR) is 122 cm³/mol. The molecule has 1 heterocycles. The van der Waals surface area contributed by atoms with Crippen LogP contribution >= 0.6 is 23.2 Å². The van der Waals surface area contributed by atoms with Crippen molar-refractivity contribution in [1.82, 2.24) is 10.3 Å². The number of halogens is 3. The molecule has 2 N–H and O–H groups in total. The molecule has 0 radical (unpaired) electrons. The second-order valence-electron chi connectivity index (χ2n) is 7.39. The van der Waals surface area contributed by atoms with Crippen LogP contribution in [0.15, 0.2) is 42.0 Å². The van der Waals surface area contributed by atoms with Gasteiger partial charge in [0, 0.05) is 37.5 Å². The summed E-state index contributed by atoms with van der Waals surface area (Å²) in [7, 11) is 3.76. The lowest BCUT2D eigenvalue weighted by Crippen LogP contribution is -2.39. The summed E-state index contributed by atoms with van der Waals surface area (Å²) in [6, 6.07) is 8.80. The number of nitrogens with one attached hydrogen (secondary N) is 2. The minimum atomic E-state index is -0.696. The van der Waals surface area contributed by atoms with Crippen molar-refractivity contribution in [3.8, 4) is 0 Å². The van der Waals surface area contributed by atoms with Crippen LogP contribution in [-0.2, 0) is 5.54 Å². The van der Waals surface area contributed by atoms with Crippen molar-refractivity contribution in [3.05, 3.63) is 69.5 Å². The summed E-state index contributed by atoms with van der Waals surface area (Å²) >= 11 is 12.6. The zero-order valence-electron chi connectivity index (χ0n) is 16.8. The van der Waals surface area contributed by atoms with Gasteiger partial charge in [-0.15, -0.1) is 0 Å². The monoisotopic (exact) mass is 434 g/mol. The Morgan fingerprint density at radius 2 is 2.07 bits per heavy atom. The first-order chi connectivity index (χ1) is 13.8. The summed E-state index contributed by atoms with van der Waals surface area (Å²) < 4.78 is 14.8. The quantitative estimate of drug-likeness (QED) is 0.365. The maximum Gasteiger partial charge on any atom is 0.130 e. The van der Waals surface area contributed by atoms with Crippen LogP contribution in [-0.4, -0.2) is 37.9 Å². The molecule has 0 saturated carbocycles. The van der Waals surface area contributed by atoms with E-state index in [0.29, 0.717) is 23.6 Å². The highest BCUT2D eigenvalue weighted by molar-refractivity contribution is 6.42. The van der Waals surface area contributed by atoms with Gasteiger partial charge in [0.2, 0.25) is 0 Å². The molecule has 154 valence electrons. The molecule has 0 aliphatic carbocycles. The summed E-state index contributed by atoms with van der Waals surface area (Å²) in [6.07, 6.45) is 2.47. The van der Waals surface area contributed by atoms with E-state index in [2.05, 4.69) is 22.3 Å². The molecule has 1 atom stereocenters. The van der Waals surface area contributed by atoms with Gasteiger partial charge >= 0.3 is 0 Å². The van der Waals surface area contributed by atoms with Crippen LogP contribution in [0, 0.1) is 5.82 Å². The Balaban J connectivity index is 2.03. The standard InChI is InChI=1S/C22H25Cl2FN4/c1-5-15-12-16(6-7-17(15)14(2)28-29(3)4)27-22(10-11-26-13-22)20-19(25)9-8-18(23)21(20)24/h5-9,12,26-27H,1,10-11,13H2,2-4H3/b28-14-. The van der Waals surface area contributed by atoms with Crippen LogP contribution in [0.3, 0.4) is 0 Å². The summed E-state index contributed by atoms with van der Waals surface area (Å²) in [5.41, 5.74) is 3.37. The molecule has 1 fully saturated rings. The number of hydrazone groups is 1. The van der Waals surface area contributed by atoms with Crippen LogP contribution in [0.4, 0.5) is 10.1 Å². The SMILES string of the molecule is C=Cc1cc(NC2(c3c(F)ccc(Cl)c3Cl)CCNC2)ccc1/C(C)=N\N(C)C. The summed E-state index contributed by atoms with van der Waals surface area (Å²) in [5, 5.41) is 13.7. The summed E-state index contributed by atoms with van der Waals surface area (Å²) in [4.78, 5) is 0. The Bertz CT molecular complexity index is 950. The summed E-state index contributed by atoms with van der Waals surface area (Å²) in [6.45, 7) is 7.18. The fourth-order valence-electron chi connectivity index (χ4n) is 3.81. The number of hydrogen-bond donors (Lipinski definition) is 2. The van der Waals surface area contributed by atoms with E-state index in [1.54, 1.807) is 11.1 Å². The van der Waals surface area contributed by atoms with Gasteiger partial charge in [-0.1, -0.05) is 41.9 Å². The number of anilines is 1. The third-order valence-corrected chi connectivity index (χ3v) is 5.88. The second-order valence-corrected chi connectivity index (χ2v) is 8.18. The number of hydrogen-bond acceptors (Lipinski definition) is 4. The Hall–Kier alpha value is -2.08. The molecule has 2 aromatic carbocycles. The molecule has 0 bridgehead atoms. The average Bonchev–Trinajstić information content (AvgIpc) is 3.13. The van der Waals surface area contributed by atoms with Gasteiger partial charge < -0.3 is 15.6 Å². The highest BCUT2D eigenvalue weighted by Crippen LogP contribution is 2.41. The minimum Gasteiger partial charge on any atom is -0.374 e. The molecule has 0 amide bonds. The topological polar surface area (TPSA) is 39.7 Å². The average molecular weight is 435 g/mol. The lowest BCUT2D eigenvalue weighted by atomic mass is 9.87. The zero-order valence-corrected chi connectivity index (χ0v) is 18.3. The molecule has 1 saturated heterocycles. The molecule has 1 aliphatic heterocycles. The smallest absolute Gasteiger partial charge is 0.130 e. The van der Waals surface area contributed by atoms with E-state index < -0.39 is 5.54 Å². The van der Waals surface area contributed by atoms with Gasteiger partial charge in [0.15, 0.2) is 0 Å². The molecule has 4 nitrogen and oxygen atoms in total. The Morgan fingerprint density at radius 1 is 1.31 bits per heavy atom. The van der Waals surface area contributed by atoms with Crippen molar-refractivity contribution in [2.45, 2.75) is 18.9 Å². The first kappa shape index (κ1) is 21.6. The number of rotatable bonds is 6. The highest BCUT2D eigenvalue weighted by Gasteiger charge is 2.40. The Kier molecular flexibility index (Phi) is 6.52. The Labute approximate surface area is 181 Å². The van der Waals surface area contributed by atoms with E-state index in [4.69, 9.17) is 23.2 Å². The lowest BCUT2D eigenvalue weighted by molar-refractivity contribution is 0.438. The first-order valence-electron chi connectivity index (χ1n) is 9.39. The molecule has 1 aliphatic rings. The third kappa shape index (κ3) is 4.42. The number of benzene rings is 2. The fraction of sp³-hybridized carbons (Fsp3) is 0.318.